The first kappa shape index (κ1) is 25.3. The molecule has 3 aromatic rings. The number of aliphatic carboxylic acids is 1. The molecule has 1 aromatic heterocycles. The maximum atomic E-state index is 12.8. The lowest BCUT2D eigenvalue weighted by atomic mass is 9.99. The molecule has 8 heteroatoms. The molecule has 188 valence electrons. The summed E-state index contributed by atoms with van der Waals surface area (Å²) in [5, 5.41) is 9.04. The summed E-state index contributed by atoms with van der Waals surface area (Å²) in [4.78, 5) is 31.8. The number of hydrogen-bond donors (Lipinski definition) is 1. The van der Waals surface area contributed by atoms with Gasteiger partial charge < -0.3 is 19.5 Å². The Hall–Kier alpha value is -3.75. The van der Waals surface area contributed by atoms with Crippen LogP contribution in [0.3, 0.4) is 0 Å². The minimum Gasteiger partial charge on any atom is -0.491 e. The molecule has 4 rings (SSSR count). The number of ether oxygens (including phenoxy) is 2. The number of nitrogens with zero attached hydrogens (tertiary/aromatic N) is 3. The highest BCUT2D eigenvalue weighted by atomic mass is 16.5. The summed E-state index contributed by atoms with van der Waals surface area (Å²) in [6, 6.07) is 19.6. The molecule has 0 saturated carbocycles. The Morgan fingerprint density at radius 3 is 2.69 bits per heavy atom. The van der Waals surface area contributed by atoms with Crippen LogP contribution in [0.15, 0.2) is 66.9 Å². The molecule has 2 bridgehead atoms. The molecular weight excluding hydrogens is 458 g/mol. The highest BCUT2D eigenvalue weighted by Crippen LogP contribution is 2.25. The lowest BCUT2D eigenvalue weighted by Crippen LogP contribution is -2.32. The van der Waals surface area contributed by atoms with Crippen molar-refractivity contribution in [2.24, 2.45) is 0 Å². The smallest absolute Gasteiger partial charge is 0.323 e. The van der Waals surface area contributed by atoms with Crippen molar-refractivity contribution in [2.75, 3.05) is 40.0 Å². The standard InChI is InChI=1S/C28H31N3O5/c1-30(20-27(32)33)28(34)23-8-9-26-24(17-23)16-21-5-4-6-22(15-21)18-31(11-12-35-13-14-36-26)19-25-7-2-3-10-29-25/h2-10,15,17H,11-14,16,18-20H2,1H3,(H,32,33). The third-order valence-electron chi connectivity index (χ3n) is 5.97. The first-order valence-electron chi connectivity index (χ1n) is 12.0. The van der Waals surface area contributed by atoms with Gasteiger partial charge in [-0.3, -0.25) is 19.5 Å². The number of fused-ring (bicyclic) bond motifs is 3. The zero-order valence-corrected chi connectivity index (χ0v) is 20.4. The average molecular weight is 490 g/mol. The first-order valence-corrected chi connectivity index (χ1v) is 12.0. The number of aromatic nitrogens is 1. The quantitative estimate of drug-likeness (QED) is 0.588. The van der Waals surface area contributed by atoms with Crippen LogP contribution < -0.4 is 4.74 Å². The maximum Gasteiger partial charge on any atom is 0.323 e. The molecule has 0 radical (unpaired) electrons. The summed E-state index contributed by atoms with van der Waals surface area (Å²) in [6.07, 6.45) is 2.39. The van der Waals surface area contributed by atoms with E-state index in [-0.39, 0.29) is 12.5 Å². The summed E-state index contributed by atoms with van der Waals surface area (Å²) >= 11 is 0. The molecule has 0 atom stereocenters. The van der Waals surface area contributed by atoms with E-state index in [0.717, 1.165) is 36.5 Å². The van der Waals surface area contributed by atoms with E-state index < -0.39 is 5.97 Å². The van der Waals surface area contributed by atoms with Crippen molar-refractivity contribution in [1.29, 1.82) is 0 Å². The Morgan fingerprint density at radius 2 is 1.89 bits per heavy atom. The number of likely N-dealkylation sites (N-methyl/N-ethyl adjacent to an activating group) is 1. The molecule has 1 amide bonds. The second kappa shape index (κ2) is 12.3. The van der Waals surface area contributed by atoms with E-state index in [2.05, 4.69) is 28.1 Å². The van der Waals surface area contributed by atoms with Crippen molar-refractivity contribution >= 4 is 11.9 Å². The molecule has 8 nitrogen and oxygen atoms in total. The Kier molecular flexibility index (Phi) is 8.65. The third kappa shape index (κ3) is 7.13. The Bertz CT molecular complexity index is 1180. The topological polar surface area (TPSA) is 92.2 Å². The fraction of sp³-hybridized carbons (Fsp3) is 0.321. The number of carbonyl (C=O) groups is 2. The minimum absolute atomic E-state index is 0.346. The summed E-state index contributed by atoms with van der Waals surface area (Å²) < 4.78 is 11.9. The van der Waals surface area contributed by atoms with Crippen molar-refractivity contribution in [3.8, 4) is 5.75 Å². The maximum absolute atomic E-state index is 12.8. The fourth-order valence-electron chi connectivity index (χ4n) is 4.24. The van der Waals surface area contributed by atoms with Gasteiger partial charge in [-0.2, -0.15) is 0 Å². The number of carboxylic acids is 1. The van der Waals surface area contributed by atoms with Gasteiger partial charge in [0.25, 0.3) is 5.91 Å². The second-order valence-electron chi connectivity index (χ2n) is 8.87. The molecule has 1 aliphatic heterocycles. The lowest BCUT2D eigenvalue weighted by molar-refractivity contribution is -0.137. The lowest BCUT2D eigenvalue weighted by Gasteiger charge is -2.23. The predicted molar refractivity (Wildman–Crippen MR) is 135 cm³/mol. The number of benzene rings is 2. The Morgan fingerprint density at radius 1 is 1.03 bits per heavy atom. The monoisotopic (exact) mass is 489 g/mol. The van der Waals surface area contributed by atoms with E-state index in [1.54, 1.807) is 18.2 Å². The number of carboxylic acid groups (broad SMARTS) is 1. The summed E-state index contributed by atoms with van der Waals surface area (Å²) in [7, 11) is 1.48. The number of amides is 1. The molecular formula is C28H31N3O5. The molecule has 0 saturated heterocycles. The fourth-order valence-corrected chi connectivity index (χ4v) is 4.24. The van der Waals surface area contributed by atoms with Crippen LogP contribution in [0.5, 0.6) is 5.75 Å². The minimum atomic E-state index is -1.05. The zero-order valence-electron chi connectivity index (χ0n) is 20.4. The van der Waals surface area contributed by atoms with Gasteiger partial charge in [0.1, 0.15) is 18.9 Å². The molecule has 0 unspecified atom stereocenters. The summed E-state index contributed by atoms with van der Waals surface area (Å²) in [6.45, 7) is 3.31. The van der Waals surface area contributed by atoms with Crippen LogP contribution in [0.2, 0.25) is 0 Å². The molecule has 1 N–H and O–H groups in total. The van der Waals surface area contributed by atoms with Gasteiger partial charge in [0.05, 0.1) is 18.9 Å². The van der Waals surface area contributed by atoms with Crippen molar-refractivity contribution in [3.05, 3.63) is 94.8 Å². The molecule has 2 heterocycles. The van der Waals surface area contributed by atoms with Crippen molar-refractivity contribution < 1.29 is 24.2 Å². The normalized spacial score (nSPS) is 14.7. The SMILES string of the molecule is CN(CC(=O)O)C(=O)c1ccc2c(c1)Cc1cccc(c1)CN(Cc1ccccn1)CCOCCO2. The molecule has 0 fully saturated rings. The van der Waals surface area contributed by atoms with Gasteiger partial charge in [0.15, 0.2) is 0 Å². The molecule has 0 aliphatic carbocycles. The Balaban J connectivity index is 1.58. The van der Waals surface area contributed by atoms with Crippen LogP contribution >= 0.6 is 0 Å². The van der Waals surface area contributed by atoms with Gasteiger partial charge in [-0.25, -0.2) is 0 Å². The number of hydrogen-bond acceptors (Lipinski definition) is 6. The van der Waals surface area contributed by atoms with E-state index >= 15 is 0 Å². The van der Waals surface area contributed by atoms with E-state index in [1.807, 2.05) is 30.5 Å². The molecule has 36 heavy (non-hydrogen) atoms. The van der Waals surface area contributed by atoms with Crippen molar-refractivity contribution in [1.82, 2.24) is 14.8 Å². The zero-order chi connectivity index (χ0) is 25.3. The predicted octanol–water partition coefficient (Wildman–Crippen LogP) is 3.24. The molecule has 0 spiro atoms. The second-order valence-corrected chi connectivity index (χ2v) is 8.87. The summed E-state index contributed by atoms with van der Waals surface area (Å²) in [5.74, 6) is -0.710. The highest BCUT2D eigenvalue weighted by Gasteiger charge is 2.17. The van der Waals surface area contributed by atoms with Gasteiger partial charge in [0.2, 0.25) is 0 Å². The van der Waals surface area contributed by atoms with E-state index in [1.165, 1.54) is 17.5 Å². The van der Waals surface area contributed by atoms with Gasteiger partial charge in [-0.1, -0.05) is 30.3 Å². The van der Waals surface area contributed by atoms with Crippen LogP contribution in [0.4, 0.5) is 0 Å². The number of pyridine rings is 1. The van der Waals surface area contributed by atoms with Gasteiger partial charge in [-0.15, -0.1) is 0 Å². The number of carbonyl (C=O) groups excluding carboxylic acids is 1. The van der Waals surface area contributed by atoms with E-state index in [9.17, 15) is 9.59 Å². The van der Waals surface area contributed by atoms with Gasteiger partial charge in [0, 0.05) is 44.9 Å². The van der Waals surface area contributed by atoms with Crippen LogP contribution in [0, 0.1) is 0 Å². The van der Waals surface area contributed by atoms with Gasteiger partial charge >= 0.3 is 5.97 Å². The molecule has 1 aliphatic rings. The van der Waals surface area contributed by atoms with Crippen molar-refractivity contribution in [3.63, 3.8) is 0 Å². The van der Waals surface area contributed by atoms with E-state index in [0.29, 0.717) is 37.6 Å². The van der Waals surface area contributed by atoms with E-state index in [4.69, 9.17) is 14.6 Å². The van der Waals surface area contributed by atoms with Crippen LogP contribution in [-0.4, -0.2) is 71.7 Å². The van der Waals surface area contributed by atoms with Crippen LogP contribution in [-0.2, 0) is 29.0 Å². The van der Waals surface area contributed by atoms with Gasteiger partial charge in [-0.05, 0) is 47.0 Å². The largest absolute Gasteiger partial charge is 0.491 e. The first-order chi connectivity index (χ1) is 17.5. The van der Waals surface area contributed by atoms with Crippen LogP contribution in [0.1, 0.15) is 32.7 Å². The van der Waals surface area contributed by atoms with Crippen molar-refractivity contribution in [2.45, 2.75) is 19.5 Å². The summed E-state index contributed by atoms with van der Waals surface area (Å²) in [5.41, 5.74) is 4.58. The number of rotatable bonds is 5. The third-order valence-corrected chi connectivity index (χ3v) is 5.97. The van der Waals surface area contributed by atoms with Crippen LogP contribution in [0.25, 0.3) is 0 Å². The Labute approximate surface area is 211 Å². The average Bonchev–Trinajstić information content (AvgIpc) is 2.86. The molecule has 2 aromatic carbocycles. The highest BCUT2D eigenvalue weighted by molar-refractivity contribution is 5.96.